The number of carbonyl (C=O) groups excluding carboxylic acids is 2. The largest absolute Gasteiger partial charge is 0.462 e. The third-order valence-electron chi connectivity index (χ3n) is 4.72. The zero-order chi connectivity index (χ0) is 22.2. The molecule has 0 bridgehead atoms. The number of rotatable bonds is 9. The molecule has 0 aliphatic heterocycles. The highest BCUT2D eigenvalue weighted by Crippen LogP contribution is 2.36. The summed E-state index contributed by atoms with van der Waals surface area (Å²) in [5.41, 5.74) is 2.92. The first-order valence-electron chi connectivity index (χ1n) is 10.4. The minimum atomic E-state index is -0.527. The monoisotopic (exact) mass is 436 g/mol. The molecule has 1 unspecified atom stereocenters. The maximum atomic E-state index is 13.3. The van der Waals surface area contributed by atoms with E-state index in [2.05, 4.69) is 24.5 Å². The first kappa shape index (κ1) is 22.7. The van der Waals surface area contributed by atoms with E-state index in [1.807, 2.05) is 66.0 Å². The van der Waals surface area contributed by atoms with Gasteiger partial charge in [0.2, 0.25) is 5.91 Å². The van der Waals surface area contributed by atoms with Gasteiger partial charge in [0.1, 0.15) is 16.6 Å². The highest BCUT2D eigenvalue weighted by atomic mass is 32.1. The number of anilines is 1. The van der Waals surface area contributed by atoms with Crippen molar-refractivity contribution in [3.8, 4) is 11.1 Å². The summed E-state index contributed by atoms with van der Waals surface area (Å²) in [5, 5.41) is 8.70. The van der Waals surface area contributed by atoms with Gasteiger partial charge in [-0.25, -0.2) is 4.79 Å². The number of nitrogens with one attached hydrogen (secondary N) is 2. The fourth-order valence-electron chi connectivity index (χ4n) is 3.23. The van der Waals surface area contributed by atoms with Crippen molar-refractivity contribution in [2.24, 2.45) is 5.92 Å². The van der Waals surface area contributed by atoms with Crippen molar-refractivity contribution in [3.63, 3.8) is 0 Å². The first-order valence-corrected chi connectivity index (χ1v) is 11.3. The van der Waals surface area contributed by atoms with E-state index in [9.17, 15) is 9.59 Å². The van der Waals surface area contributed by atoms with E-state index in [0.29, 0.717) is 23.0 Å². The molecular weight excluding hydrogens is 408 g/mol. The van der Waals surface area contributed by atoms with Crippen LogP contribution in [0.15, 0.2) is 66.0 Å². The van der Waals surface area contributed by atoms with Crippen molar-refractivity contribution in [1.82, 2.24) is 5.32 Å². The molecule has 1 amide bonds. The lowest BCUT2D eigenvalue weighted by Gasteiger charge is -2.20. The SMILES string of the molecule is CCOC(=O)c1c(-c2ccccc2)csc1NC(=O)C(NCC(C)C)c1ccccc1. The lowest BCUT2D eigenvalue weighted by Crippen LogP contribution is -2.35. The number of amides is 1. The molecule has 1 atom stereocenters. The molecular formula is C25H28N2O3S. The van der Waals surface area contributed by atoms with Gasteiger partial charge in [0.15, 0.2) is 0 Å². The van der Waals surface area contributed by atoms with Crippen LogP contribution in [-0.4, -0.2) is 25.0 Å². The fourth-order valence-corrected chi connectivity index (χ4v) is 4.19. The third kappa shape index (κ3) is 5.81. The van der Waals surface area contributed by atoms with Crippen LogP contribution in [0.25, 0.3) is 11.1 Å². The molecule has 3 aromatic rings. The van der Waals surface area contributed by atoms with E-state index in [4.69, 9.17) is 4.74 Å². The Balaban J connectivity index is 1.93. The maximum absolute atomic E-state index is 13.3. The van der Waals surface area contributed by atoms with Crippen LogP contribution in [0.4, 0.5) is 5.00 Å². The van der Waals surface area contributed by atoms with Gasteiger partial charge in [0.25, 0.3) is 0 Å². The lowest BCUT2D eigenvalue weighted by molar-refractivity contribution is -0.118. The highest BCUT2D eigenvalue weighted by molar-refractivity contribution is 7.15. The number of esters is 1. The Morgan fingerprint density at radius 1 is 1.00 bits per heavy atom. The molecule has 2 aromatic carbocycles. The molecule has 3 rings (SSSR count). The second-order valence-corrected chi connectivity index (χ2v) is 8.45. The van der Waals surface area contributed by atoms with E-state index in [0.717, 1.165) is 16.7 Å². The van der Waals surface area contributed by atoms with E-state index < -0.39 is 12.0 Å². The van der Waals surface area contributed by atoms with Crippen molar-refractivity contribution < 1.29 is 14.3 Å². The van der Waals surface area contributed by atoms with Crippen molar-refractivity contribution >= 4 is 28.2 Å². The zero-order valence-electron chi connectivity index (χ0n) is 18.1. The van der Waals surface area contributed by atoms with Gasteiger partial charge in [-0.05, 0) is 30.5 Å². The van der Waals surface area contributed by atoms with Gasteiger partial charge < -0.3 is 15.4 Å². The van der Waals surface area contributed by atoms with Crippen LogP contribution >= 0.6 is 11.3 Å². The van der Waals surface area contributed by atoms with Crippen LogP contribution in [0, 0.1) is 5.92 Å². The van der Waals surface area contributed by atoms with Crippen LogP contribution in [0.5, 0.6) is 0 Å². The summed E-state index contributed by atoms with van der Waals surface area (Å²) in [6, 6.07) is 18.7. The maximum Gasteiger partial charge on any atom is 0.341 e. The summed E-state index contributed by atoms with van der Waals surface area (Å²) < 4.78 is 5.30. The molecule has 1 heterocycles. The van der Waals surface area contributed by atoms with Crippen molar-refractivity contribution in [1.29, 1.82) is 0 Å². The summed E-state index contributed by atoms with van der Waals surface area (Å²) in [6.07, 6.45) is 0. The summed E-state index contributed by atoms with van der Waals surface area (Å²) >= 11 is 1.33. The Bertz CT molecular complexity index is 1000. The van der Waals surface area contributed by atoms with E-state index in [-0.39, 0.29) is 12.5 Å². The van der Waals surface area contributed by atoms with Crippen LogP contribution in [0.1, 0.15) is 42.7 Å². The van der Waals surface area contributed by atoms with Gasteiger partial charge in [-0.15, -0.1) is 11.3 Å². The fraction of sp³-hybridized carbons (Fsp3) is 0.280. The van der Waals surface area contributed by atoms with Gasteiger partial charge in [0, 0.05) is 10.9 Å². The molecule has 0 saturated carbocycles. The Hall–Kier alpha value is -2.96. The first-order chi connectivity index (χ1) is 15.0. The van der Waals surface area contributed by atoms with Crippen molar-refractivity contribution in [2.75, 3.05) is 18.5 Å². The molecule has 5 nitrogen and oxygen atoms in total. The van der Waals surface area contributed by atoms with Crippen molar-refractivity contribution in [3.05, 3.63) is 77.2 Å². The Morgan fingerprint density at radius 2 is 1.65 bits per heavy atom. The van der Waals surface area contributed by atoms with Gasteiger partial charge >= 0.3 is 5.97 Å². The van der Waals surface area contributed by atoms with Gasteiger partial charge in [-0.3, -0.25) is 4.79 Å². The van der Waals surface area contributed by atoms with E-state index >= 15 is 0 Å². The average molecular weight is 437 g/mol. The summed E-state index contributed by atoms with van der Waals surface area (Å²) in [4.78, 5) is 26.1. The second kappa shape index (κ2) is 10.9. The summed E-state index contributed by atoms with van der Waals surface area (Å²) in [7, 11) is 0. The molecule has 162 valence electrons. The van der Waals surface area contributed by atoms with Crippen LogP contribution in [0.2, 0.25) is 0 Å². The standard InChI is InChI=1S/C25H28N2O3S/c1-4-30-25(29)21-20(18-11-7-5-8-12-18)16-31-24(21)27-23(28)22(26-15-17(2)3)19-13-9-6-10-14-19/h5-14,16-17,22,26H,4,15H2,1-3H3,(H,27,28). The smallest absolute Gasteiger partial charge is 0.341 e. The number of hydrogen-bond acceptors (Lipinski definition) is 5. The minimum Gasteiger partial charge on any atom is -0.462 e. The Kier molecular flexibility index (Phi) is 7.98. The predicted octanol–water partition coefficient (Wildman–Crippen LogP) is 5.52. The lowest BCUT2D eigenvalue weighted by atomic mass is 10.0. The average Bonchev–Trinajstić information content (AvgIpc) is 3.19. The van der Waals surface area contributed by atoms with Crippen molar-refractivity contribution in [2.45, 2.75) is 26.8 Å². The highest BCUT2D eigenvalue weighted by Gasteiger charge is 2.26. The predicted molar refractivity (Wildman–Crippen MR) is 126 cm³/mol. The van der Waals surface area contributed by atoms with Gasteiger partial charge in [0.05, 0.1) is 6.61 Å². The van der Waals surface area contributed by atoms with Gasteiger partial charge in [-0.2, -0.15) is 0 Å². The number of benzene rings is 2. The molecule has 2 N–H and O–H groups in total. The van der Waals surface area contributed by atoms with Crippen LogP contribution in [0.3, 0.4) is 0 Å². The second-order valence-electron chi connectivity index (χ2n) is 7.58. The number of ether oxygens (including phenoxy) is 1. The molecule has 1 aromatic heterocycles. The van der Waals surface area contributed by atoms with E-state index in [1.54, 1.807) is 6.92 Å². The van der Waals surface area contributed by atoms with Crippen LogP contribution < -0.4 is 10.6 Å². The molecule has 0 spiro atoms. The van der Waals surface area contributed by atoms with E-state index in [1.165, 1.54) is 11.3 Å². The normalized spacial score (nSPS) is 11.9. The van der Waals surface area contributed by atoms with Gasteiger partial charge in [-0.1, -0.05) is 74.5 Å². The quantitative estimate of drug-likeness (QED) is 0.434. The number of carbonyl (C=O) groups is 2. The minimum absolute atomic E-state index is 0.209. The molecule has 31 heavy (non-hydrogen) atoms. The Labute approximate surface area is 187 Å². The summed E-state index contributed by atoms with van der Waals surface area (Å²) in [6.45, 7) is 6.91. The summed E-state index contributed by atoms with van der Waals surface area (Å²) in [5.74, 6) is -0.260. The van der Waals surface area contributed by atoms with Crippen LogP contribution in [-0.2, 0) is 9.53 Å². The molecule has 6 heteroatoms. The number of thiophene rings is 1. The third-order valence-corrected chi connectivity index (χ3v) is 5.61. The Morgan fingerprint density at radius 3 is 2.26 bits per heavy atom. The number of hydrogen-bond donors (Lipinski definition) is 2. The molecule has 0 aliphatic carbocycles. The molecule has 0 radical (unpaired) electrons. The zero-order valence-corrected chi connectivity index (χ0v) is 18.9. The molecule has 0 fully saturated rings. The molecule has 0 aliphatic rings. The molecule has 0 saturated heterocycles. The topological polar surface area (TPSA) is 67.4 Å².